The number of amides is 3. The van der Waals surface area contributed by atoms with Gasteiger partial charge in [-0.05, 0) is 195 Å². The van der Waals surface area contributed by atoms with E-state index >= 15 is 0 Å². The Morgan fingerprint density at radius 1 is 0.223 bits per heavy atom. The summed E-state index contributed by atoms with van der Waals surface area (Å²) in [5, 5.41) is 81.5. The maximum Gasteiger partial charge on any atom is 3.00 e. The Morgan fingerprint density at radius 3 is 0.466 bits per heavy atom. The second-order valence-electron chi connectivity index (χ2n) is 33.7. The van der Waals surface area contributed by atoms with E-state index in [0.717, 1.165) is 195 Å². The van der Waals surface area contributed by atoms with Gasteiger partial charge < -0.3 is 108 Å². The van der Waals surface area contributed by atoms with Gasteiger partial charge in [0.1, 0.15) is 34.5 Å². The molecule has 2 N–H and O–H groups in total. The third-order valence-electron chi connectivity index (χ3n) is 22.9. The van der Waals surface area contributed by atoms with Gasteiger partial charge in [-0.25, -0.2) is 0 Å². The Morgan fingerprint density at radius 2 is 0.345 bits per heavy atom. The predicted molar refractivity (Wildman–Crippen MR) is 560 cm³/mol. The minimum Gasteiger partial charge on any atom is -0.550 e. The van der Waals surface area contributed by atoms with E-state index in [1.54, 1.807) is 151 Å². The fourth-order valence-corrected chi connectivity index (χ4v) is 14.0. The fraction of sp³-hybridized carbons (Fsp3) is 0.205. The number of carbonyl (C=O) groups excluding carboxylic acids is 9. The number of carbonyl (C=O) groups is 9. The fourth-order valence-electron chi connectivity index (χ4n) is 14.0. The van der Waals surface area contributed by atoms with Crippen LogP contribution in [0.5, 0.6) is 34.5 Å². The maximum absolute atomic E-state index is 10.8. The van der Waals surface area contributed by atoms with Crippen LogP contribution in [0, 0.1) is 77.2 Å². The van der Waals surface area contributed by atoms with Crippen LogP contribution in [-0.2, 0) is 43.2 Å². The van der Waals surface area contributed by atoms with E-state index in [9.17, 15) is 73.8 Å². The number of rotatable bonds is 21. The first-order valence-electron chi connectivity index (χ1n) is 45.6. The zero-order chi connectivity index (χ0) is 106. The molecular formula is C117H117N7O22Tb2. The van der Waals surface area contributed by atoms with Crippen LogP contribution >= 0.6 is 0 Å². The van der Waals surface area contributed by atoms with Gasteiger partial charge in [-0.2, -0.15) is 0 Å². The molecule has 0 unspecified atom stereocenters. The largest absolute Gasteiger partial charge is 3.00 e. The van der Waals surface area contributed by atoms with Crippen LogP contribution in [0.15, 0.2) is 316 Å². The first kappa shape index (κ1) is 123. The summed E-state index contributed by atoms with van der Waals surface area (Å²) in [6.07, 6.45) is 9.46. The summed E-state index contributed by atoms with van der Waals surface area (Å²) in [6, 6.07) is 91.9. The minimum absolute atomic E-state index is 0. The smallest absolute Gasteiger partial charge is 0.550 e. The molecule has 0 aliphatic rings. The molecule has 0 aliphatic carbocycles. The van der Waals surface area contributed by atoms with Crippen molar-refractivity contribution in [2.45, 2.75) is 77.0 Å². The Balaban J connectivity index is 0.000000291. The Hall–Kier alpha value is -15.2. The van der Waals surface area contributed by atoms with Crippen LogP contribution < -0.4 is 59.1 Å². The van der Waals surface area contributed by atoms with Gasteiger partial charge in [-0.15, -0.1) is 0 Å². The van der Waals surface area contributed by atoms with Gasteiger partial charge in [0.2, 0.25) is 19.2 Å². The number of benzene rings is 14. The molecule has 4 aromatic heterocycles. The van der Waals surface area contributed by atoms with E-state index in [4.69, 9.17) is 28.4 Å². The van der Waals surface area contributed by atoms with Crippen molar-refractivity contribution in [2.75, 3.05) is 84.9 Å². The molecule has 0 spiro atoms. The zero-order valence-corrected chi connectivity index (χ0v) is 89.4. The molecule has 18 aromatic rings. The molecule has 6 atom stereocenters. The topological polar surface area (TPSA) is 440 Å². The van der Waals surface area contributed by atoms with E-state index in [-0.39, 0.29) is 82.7 Å². The standard InChI is InChI=1S/6C14H14O3.2C12H8N2.3C3H7NO.H2O.2Tb/c6*1-9(14(15)16)10-3-4-12-8-13(17-2)6-5-11(12)7-10;2*1-3-9-5-6-10-4-2-8-14-12(10)11(9)13-7-1;3*1-4(2)3-5;;;/h6*3-9H,1-2H3,(H,15,16);2*1-8H;3*3H,1-2H3;1H2;;/q;;;;;;;;;;;;2*+3/p-6/t6*9-;;;;;;;;/m000000......../s1. The van der Waals surface area contributed by atoms with Gasteiger partial charge >= 0.3 is 77.2 Å². The van der Waals surface area contributed by atoms with Gasteiger partial charge in [0.25, 0.3) is 0 Å². The first-order valence-corrected chi connectivity index (χ1v) is 45.6. The van der Waals surface area contributed by atoms with E-state index in [1.165, 1.54) is 14.7 Å². The van der Waals surface area contributed by atoms with Gasteiger partial charge in [0.05, 0.1) is 64.7 Å². The average molecular weight is 2290 g/mol. The average Bonchev–Trinajstić information content (AvgIpc) is 0.791. The number of hydrogen-bond donors (Lipinski definition) is 0. The number of pyridine rings is 4. The first-order chi connectivity index (χ1) is 69.4. The molecule has 0 radical (unpaired) electrons. The van der Waals surface area contributed by atoms with Crippen LogP contribution in [0.3, 0.4) is 0 Å². The molecule has 0 fully saturated rings. The molecule has 3 amide bonds. The Bertz CT molecular complexity index is 6450. The summed E-state index contributed by atoms with van der Waals surface area (Å²) >= 11 is 0. The van der Waals surface area contributed by atoms with E-state index in [0.29, 0.717) is 0 Å². The van der Waals surface area contributed by atoms with Crippen molar-refractivity contribution in [3.8, 4) is 34.5 Å². The number of carboxylic acids is 6. The summed E-state index contributed by atoms with van der Waals surface area (Å²) < 4.78 is 30.8. The number of hydrogen-bond acceptors (Lipinski definition) is 25. The Kier molecular flexibility index (Phi) is 51.6. The maximum atomic E-state index is 10.8. The number of aliphatic carboxylic acids is 6. The van der Waals surface area contributed by atoms with Crippen molar-refractivity contribution in [3.63, 3.8) is 0 Å². The van der Waals surface area contributed by atoms with Crippen molar-refractivity contribution in [3.05, 3.63) is 349 Å². The van der Waals surface area contributed by atoms with Crippen molar-refractivity contribution >= 4 is 163 Å². The van der Waals surface area contributed by atoms with Gasteiger partial charge in [-0.3, -0.25) is 34.3 Å². The number of nitrogens with zero attached hydrogens (tertiary/aromatic N) is 7. The van der Waals surface area contributed by atoms with Crippen LogP contribution in [-0.4, -0.2) is 180 Å². The van der Waals surface area contributed by atoms with Crippen molar-refractivity contribution in [1.29, 1.82) is 0 Å². The van der Waals surface area contributed by atoms with Crippen molar-refractivity contribution in [2.24, 2.45) is 0 Å². The predicted octanol–water partition coefficient (Wildman–Crippen LogP) is 14.1. The third-order valence-corrected chi connectivity index (χ3v) is 22.9. The summed E-state index contributed by atoms with van der Waals surface area (Å²) in [7, 11) is 19.8. The van der Waals surface area contributed by atoms with Crippen molar-refractivity contribution in [1.82, 2.24) is 34.6 Å². The molecule has 0 aliphatic heterocycles. The number of methoxy groups -OCH3 is 6. The van der Waals surface area contributed by atoms with E-state index < -0.39 is 71.3 Å². The quantitative estimate of drug-likeness (QED) is 0.0476. The minimum atomic E-state index is -1.06. The summed E-state index contributed by atoms with van der Waals surface area (Å²) in [5.74, 6) is -5.18. The van der Waals surface area contributed by atoms with E-state index in [2.05, 4.69) is 68.5 Å². The van der Waals surface area contributed by atoms with Gasteiger partial charge in [0.15, 0.2) is 0 Å². The molecule has 4 heterocycles. The molecule has 29 nitrogen and oxygen atoms in total. The van der Waals surface area contributed by atoms with Gasteiger partial charge in [0, 0.05) is 160 Å². The molecule has 148 heavy (non-hydrogen) atoms. The Labute approximate surface area is 920 Å². The van der Waals surface area contributed by atoms with Crippen LogP contribution in [0.2, 0.25) is 0 Å². The molecule has 0 bridgehead atoms. The number of aromatic nitrogens is 4. The zero-order valence-electron chi connectivity index (χ0n) is 85.1. The molecule has 18 rings (SSSR count). The SMILES string of the molecule is CN(C)C=O.CN(C)C=O.CN(C)C=O.COc1ccc2cc([C@H](C)C(=O)[O-])ccc2c1.COc1ccc2cc([C@H](C)C(=O)[O-])ccc2c1.COc1ccc2cc([C@H](C)C(=O)[O-])ccc2c1.COc1ccc2cc([C@H](C)C(=O)[O-])ccc2c1.COc1ccc2cc([C@H](C)C(=O)[O-])ccc2c1.COc1ccc2cc([C@H](C)C(=O)[O-])ccc2c1.O.[Tb+3].[Tb+3].c1cnc2c(c1)ccc1cccnc12.c1cnc2c(c1)ccc1cccnc12. The normalized spacial score (nSPS) is 11.3. The molecule has 14 aromatic carbocycles. The third kappa shape index (κ3) is 36.8. The van der Waals surface area contributed by atoms with Crippen LogP contribution in [0.25, 0.3) is 108 Å². The second-order valence-corrected chi connectivity index (χ2v) is 33.7. The second kappa shape index (κ2) is 62.0. The molecule has 770 valence electrons. The summed E-state index contributed by atoms with van der Waals surface area (Å²) in [5.41, 5.74) is 8.42. The number of fused-ring (bicyclic) bond motifs is 12. The van der Waals surface area contributed by atoms with E-state index in [1.807, 2.05) is 243 Å². The van der Waals surface area contributed by atoms with Crippen LogP contribution in [0.1, 0.15) is 110 Å². The molecule has 0 saturated heterocycles. The molecular weight excluding hydrogens is 2170 g/mol. The molecule has 31 heteroatoms. The van der Waals surface area contributed by atoms with Crippen molar-refractivity contribution < 1.29 is 185 Å². The number of carboxylic acid groups (broad SMARTS) is 6. The number of ether oxygens (including phenoxy) is 6. The monoisotopic (exact) mass is 2290 g/mol. The summed E-state index contributed by atoms with van der Waals surface area (Å²) in [6.45, 7) is 9.75. The van der Waals surface area contributed by atoms with Crippen LogP contribution in [0.4, 0.5) is 0 Å². The van der Waals surface area contributed by atoms with Gasteiger partial charge in [-0.1, -0.05) is 236 Å². The molecule has 0 saturated carbocycles. The summed E-state index contributed by atoms with van der Waals surface area (Å²) in [4.78, 5) is 115.